The quantitative estimate of drug-likeness (QED) is 0.868. The van der Waals surface area contributed by atoms with Crippen molar-refractivity contribution in [3.63, 3.8) is 0 Å². The van der Waals surface area contributed by atoms with Crippen molar-refractivity contribution in [2.45, 2.75) is 24.2 Å². The largest absolute Gasteiger partial charge is 0.243 e. The molecule has 0 aliphatic carbocycles. The average Bonchev–Trinajstić information content (AvgIpc) is 2.98. The molecule has 2 heterocycles. The van der Waals surface area contributed by atoms with Crippen LogP contribution >= 0.6 is 0 Å². The van der Waals surface area contributed by atoms with Crippen molar-refractivity contribution in [2.24, 2.45) is 0 Å². The van der Waals surface area contributed by atoms with Gasteiger partial charge in [-0.15, -0.1) is 0 Å². The molecule has 1 aliphatic heterocycles. The number of aryl methyl sites for hydroxylation is 1. The zero-order valence-electron chi connectivity index (χ0n) is 12.1. The molecule has 0 spiro atoms. The molecule has 0 saturated carbocycles. The minimum Gasteiger partial charge on any atom is -0.241 e. The van der Waals surface area contributed by atoms with Gasteiger partial charge in [0.15, 0.2) is 0 Å². The van der Waals surface area contributed by atoms with Gasteiger partial charge in [-0.05, 0) is 43.7 Å². The fourth-order valence-corrected chi connectivity index (χ4v) is 4.08. The fourth-order valence-electron chi connectivity index (χ4n) is 2.58. The Hall–Kier alpha value is -1.86. The summed E-state index contributed by atoms with van der Waals surface area (Å²) in [6.07, 6.45) is 2.37. The molecule has 3 rings (SSSR count). The standard InChI is InChI=1S/C15H16FN3O2S/c1-11-6-8-17-15(18-11)12-7-9-19(10-12)22(20,21)14-4-2-13(16)3-5-14/h2-6,8,12H,7,9-10H2,1H3/t12-/m0/s1. The second-order valence-corrected chi connectivity index (χ2v) is 7.30. The smallest absolute Gasteiger partial charge is 0.241 e. The minimum atomic E-state index is -3.60. The first-order chi connectivity index (χ1) is 10.5. The van der Waals surface area contributed by atoms with Crippen LogP contribution in [-0.4, -0.2) is 35.8 Å². The zero-order valence-corrected chi connectivity index (χ0v) is 12.9. The highest BCUT2D eigenvalue weighted by atomic mass is 32.2. The third-order valence-electron chi connectivity index (χ3n) is 3.78. The summed E-state index contributed by atoms with van der Waals surface area (Å²) >= 11 is 0. The van der Waals surface area contributed by atoms with E-state index in [1.165, 1.54) is 16.4 Å². The molecule has 1 aliphatic rings. The van der Waals surface area contributed by atoms with Crippen molar-refractivity contribution in [1.29, 1.82) is 0 Å². The Morgan fingerprint density at radius 1 is 1.23 bits per heavy atom. The van der Waals surface area contributed by atoms with Crippen molar-refractivity contribution >= 4 is 10.0 Å². The molecule has 0 bridgehead atoms. The van der Waals surface area contributed by atoms with Gasteiger partial charge in [0.25, 0.3) is 0 Å². The van der Waals surface area contributed by atoms with E-state index in [0.717, 1.165) is 17.8 Å². The Balaban J connectivity index is 1.81. The first-order valence-corrected chi connectivity index (χ1v) is 8.46. The van der Waals surface area contributed by atoms with E-state index in [2.05, 4.69) is 9.97 Å². The summed E-state index contributed by atoms with van der Waals surface area (Å²) in [6, 6.07) is 6.71. The highest BCUT2D eigenvalue weighted by Gasteiger charge is 2.34. The lowest BCUT2D eigenvalue weighted by Gasteiger charge is -2.16. The Morgan fingerprint density at radius 2 is 1.95 bits per heavy atom. The van der Waals surface area contributed by atoms with E-state index in [9.17, 15) is 12.8 Å². The van der Waals surface area contributed by atoms with Crippen LogP contribution in [0.5, 0.6) is 0 Å². The van der Waals surface area contributed by atoms with E-state index in [4.69, 9.17) is 0 Å². The van der Waals surface area contributed by atoms with Crippen molar-refractivity contribution in [3.8, 4) is 0 Å². The van der Waals surface area contributed by atoms with Crippen molar-refractivity contribution in [2.75, 3.05) is 13.1 Å². The van der Waals surface area contributed by atoms with Crippen LogP contribution in [0.2, 0.25) is 0 Å². The van der Waals surface area contributed by atoms with Gasteiger partial charge in [0.1, 0.15) is 11.6 Å². The molecule has 116 valence electrons. The molecule has 0 amide bonds. The summed E-state index contributed by atoms with van der Waals surface area (Å²) in [5, 5.41) is 0. The molecule has 7 heteroatoms. The molecule has 22 heavy (non-hydrogen) atoms. The average molecular weight is 321 g/mol. The maximum atomic E-state index is 12.9. The van der Waals surface area contributed by atoms with E-state index in [-0.39, 0.29) is 10.8 Å². The van der Waals surface area contributed by atoms with Crippen LogP contribution in [-0.2, 0) is 10.0 Å². The summed E-state index contributed by atoms with van der Waals surface area (Å²) in [4.78, 5) is 8.72. The molecule has 1 aromatic carbocycles. The fraction of sp³-hybridized carbons (Fsp3) is 0.333. The number of nitrogens with zero attached hydrogens (tertiary/aromatic N) is 3. The minimum absolute atomic E-state index is 0.00452. The van der Waals surface area contributed by atoms with Crippen LogP contribution in [0.3, 0.4) is 0 Å². The van der Waals surface area contributed by atoms with E-state index < -0.39 is 15.8 Å². The van der Waals surface area contributed by atoms with Crippen molar-refractivity contribution < 1.29 is 12.8 Å². The molecular weight excluding hydrogens is 305 g/mol. The van der Waals surface area contributed by atoms with E-state index in [0.29, 0.717) is 25.3 Å². The molecule has 0 unspecified atom stereocenters. The predicted octanol–water partition coefficient (Wildman–Crippen LogP) is 2.10. The molecule has 1 saturated heterocycles. The number of halogens is 1. The van der Waals surface area contributed by atoms with Gasteiger partial charge in [-0.1, -0.05) is 0 Å². The van der Waals surface area contributed by atoms with Crippen LogP contribution in [0, 0.1) is 12.7 Å². The predicted molar refractivity (Wildman–Crippen MR) is 79.3 cm³/mol. The third kappa shape index (κ3) is 2.86. The number of hydrogen-bond donors (Lipinski definition) is 0. The molecule has 0 N–H and O–H groups in total. The Labute approximate surface area is 128 Å². The van der Waals surface area contributed by atoms with Gasteiger partial charge in [-0.2, -0.15) is 4.31 Å². The van der Waals surface area contributed by atoms with Crippen LogP contribution in [0.25, 0.3) is 0 Å². The third-order valence-corrected chi connectivity index (χ3v) is 5.66. The molecule has 1 fully saturated rings. The van der Waals surface area contributed by atoms with Gasteiger partial charge in [0.05, 0.1) is 4.90 Å². The highest BCUT2D eigenvalue weighted by Crippen LogP contribution is 2.29. The summed E-state index contributed by atoms with van der Waals surface area (Å²) < 4.78 is 39.5. The normalized spacial score (nSPS) is 19.5. The molecule has 5 nitrogen and oxygen atoms in total. The summed E-state index contributed by atoms with van der Waals surface area (Å²) in [7, 11) is -3.60. The lowest BCUT2D eigenvalue weighted by molar-refractivity contribution is 0.471. The number of benzene rings is 1. The van der Waals surface area contributed by atoms with Gasteiger partial charge in [-0.25, -0.2) is 22.8 Å². The molecule has 1 aromatic heterocycles. The zero-order chi connectivity index (χ0) is 15.7. The second kappa shape index (κ2) is 5.73. The van der Waals surface area contributed by atoms with E-state index in [1.807, 2.05) is 13.0 Å². The Morgan fingerprint density at radius 3 is 2.64 bits per heavy atom. The summed E-state index contributed by atoms with van der Waals surface area (Å²) in [5.74, 6) is 0.221. The molecule has 1 atom stereocenters. The number of aromatic nitrogens is 2. The van der Waals surface area contributed by atoms with Crippen LogP contribution in [0.15, 0.2) is 41.4 Å². The van der Waals surface area contributed by atoms with Crippen LogP contribution in [0.1, 0.15) is 23.9 Å². The van der Waals surface area contributed by atoms with Crippen molar-refractivity contribution in [3.05, 3.63) is 53.9 Å². The Kier molecular flexibility index (Phi) is 3.92. The van der Waals surface area contributed by atoms with Crippen molar-refractivity contribution in [1.82, 2.24) is 14.3 Å². The summed E-state index contributed by atoms with van der Waals surface area (Å²) in [6.45, 7) is 2.65. The number of rotatable bonds is 3. The highest BCUT2D eigenvalue weighted by molar-refractivity contribution is 7.89. The van der Waals surface area contributed by atoms with E-state index >= 15 is 0 Å². The van der Waals surface area contributed by atoms with E-state index in [1.54, 1.807) is 6.20 Å². The maximum Gasteiger partial charge on any atom is 0.243 e. The van der Waals surface area contributed by atoms with Gasteiger partial charge in [-0.3, -0.25) is 0 Å². The van der Waals surface area contributed by atoms with Crippen LogP contribution in [0.4, 0.5) is 4.39 Å². The van der Waals surface area contributed by atoms with Crippen LogP contribution < -0.4 is 0 Å². The first-order valence-electron chi connectivity index (χ1n) is 7.02. The molecular formula is C15H16FN3O2S. The number of hydrogen-bond acceptors (Lipinski definition) is 4. The first kappa shape index (κ1) is 15.1. The van der Waals surface area contributed by atoms with Gasteiger partial charge in [0, 0.05) is 30.9 Å². The monoisotopic (exact) mass is 321 g/mol. The topological polar surface area (TPSA) is 63.2 Å². The Bertz CT molecular complexity index is 778. The number of sulfonamides is 1. The van der Waals surface area contributed by atoms with Gasteiger partial charge >= 0.3 is 0 Å². The SMILES string of the molecule is Cc1ccnc([C@H]2CCN(S(=O)(=O)c3ccc(F)cc3)C2)n1. The van der Waals surface area contributed by atoms with Gasteiger partial charge in [0.2, 0.25) is 10.0 Å². The summed E-state index contributed by atoms with van der Waals surface area (Å²) in [5.41, 5.74) is 0.866. The molecule has 0 radical (unpaired) electrons. The molecule has 2 aromatic rings. The second-order valence-electron chi connectivity index (χ2n) is 5.36. The van der Waals surface area contributed by atoms with Gasteiger partial charge < -0.3 is 0 Å². The lowest BCUT2D eigenvalue weighted by Crippen LogP contribution is -2.28. The maximum absolute atomic E-state index is 12.9. The lowest BCUT2D eigenvalue weighted by atomic mass is 10.1.